The van der Waals surface area contributed by atoms with Crippen molar-refractivity contribution in [3.05, 3.63) is 71.9 Å². The zero-order valence-corrected chi connectivity index (χ0v) is 14.1. The Morgan fingerprint density at radius 3 is 2.56 bits per heavy atom. The highest BCUT2D eigenvalue weighted by Crippen LogP contribution is 2.26. The van der Waals surface area contributed by atoms with Gasteiger partial charge in [0.25, 0.3) is 5.91 Å². The fraction of sp³-hybridized carbons (Fsp3) is 0.105. The van der Waals surface area contributed by atoms with Gasteiger partial charge in [0.2, 0.25) is 5.95 Å². The van der Waals surface area contributed by atoms with Crippen LogP contribution in [-0.2, 0) is 0 Å². The zero-order valence-electron chi connectivity index (χ0n) is 14.1. The van der Waals surface area contributed by atoms with Crippen LogP contribution in [0.25, 0.3) is 0 Å². The van der Waals surface area contributed by atoms with E-state index >= 15 is 0 Å². The number of hydrogen-bond acceptors (Lipinski definition) is 5. The molecule has 1 amide bonds. The second-order valence-corrected chi connectivity index (χ2v) is 5.51. The Morgan fingerprint density at radius 1 is 1.00 bits per heavy atom. The van der Waals surface area contributed by atoms with Gasteiger partial charge in [-0.2, -0.15) is 4.98 Å². The number of amides is 1. The molecule has 0 fully saturated rings. The van der Waals surface area contributed by atoms with E-state index in [2.05, 4.69) is 25.9 Å². The molecule has 0 saturated heterocycles. The van der Waals surface area contributed by atoms with E-state index in [0.29, 0.717) is 23.0 Å². The van der Waals surface area contributed by atoms with E-state index in [9.17, 15) is 4.79 Å². The summed E-state index contributed by atoms with van der Waals surface area (Å²) in [5.41, 5.74) is 3.06. The topological polar surface area (TPSA) is 78.9 Å². The summed E-state index contributed by atoms with van der Waals surface area (Å²) in [6.45, 7) is 1.98. The summed E-state index contributed by atoms with van der Waals surface area (Å²) in [7, 11) is 1.80. The van der Waals surface area contributed by atoms with Crippen LogP contribution < -0.4 is 16.0 Å². The standard InChI is InChI=1S/C19H19N5O/c1-13-8-9-15(22-18(25)14-6-4-3-5-7-14)16(12-13)23-19-21-11-10-17(20-2)24-19/h3-12H,1-2H3,(H,22,25)(H2,20,21,23,24). The van der Waals surface area contributed by atoms with Gasteiger partial charge in [0, 0.05) is 18.8 Å². The SMILES string of the molecule is CNc1ccnc(Nc2cc(C)ccc2NC(=O)c2ccccc2)n1. The maximum absolute atomic E-state index is 12.4. The smallest absolute Gasteiger partial charge is 0.255 e. The fourth-order valence-electron chi connectivity index (χ4n) is 2.33. The number of carbonyl (C=O) groups excluding carboxylic acids is 1. The first kappa shape index (κ1) is 16.4. The number of carbonyl (C=O) groups is 1. The van der Waals surface area contributed by atoms with E-state index in [1.165, 1.54) is 0 Å². The second-order valence-electron chi connectivity index (χ2n) is 5.51. The fourth-order valence-corrected chi connectivity index (χ4v) is 2.33. The lowest BCUT2D eigenvalue weighted by molar-refractivity contribution is 0.102. The molecule has 6 nitrogen and oxygen atoms in total. The predicted octanol–water partition coefficient (Wildman–Crippen LogP) is 3.82. The van der Waals surface area contributed by atoms with E-state index in [-0.39, 0.29) is 5.91 Å². The monoisotopic (exact) mass is 333 g/mol. The number of aromatic nitrogens is 2. The molecule has 6 heteroatoms. The molecule has 3 N–H and O–H groups in total. The van der Waals surface area contributed by atoms with Crippen molar-refractivity contribution in [2.45, 2.75) is 6.92 Å². The van der Waals surface area contributed by atoms with Crippen molar-refractivity contribution >= 4 is 29.0 Å². The number of anilines is 4. The molecule has 0 spiro atoms. The Balaban J connectivity index is 1.86. The minimum Gasteiger partial charge on any atom is -0.373 e. The van der Waals surface area contributed by atoms with Crippen LogP contribution >= 0.6 is 0 Å². The highest BCUT2D eigenvalue weighted by molar-refractivity contribution is 6.06. The van der Waals surface area contributed by atoms with Gasteiger partial charge in [0.15, 0.2) is 0 Å². The maximum atomic E-state index is 12.4. The molecule has 3 aromatic rings. The van der Waals surface area contributed by atoms with Gasteiger partial charge < -0.3 is 16.0 Å². The van der Waals surface area contributed by atoms with E-state index in [4.69, 9.17) is 0 Å². The van der Waals surface area contributed by atoms with E-state index in [0.717, 1.165) is 11.3 Å². The molecule has 0 aliphatic carbocycles. The Bertz CT molecular complexity index is 880. The van der Waals surface area contributed by atoms with E-state index in [1.807, 2.05) is 43.3 Å². The van der Waals surface area contributed by atoms with Crippen molar-refractivity contribution in [1.29, 1.82) is 0 Å². The third-order valence-corrected chi connectivity index (χ3v) is 3.62. The summed E-state index contributed by atoms with van der Waals surface area (Å²) in [4.78, 5) is 21.0. The summed E-state index contributed by atoms with van der Waals surface area (Å²) < 4.78 is 0. The number of aryl methyl sites for hydroxylation is 1. The van der Waals surface area contributed by atoms with Gasteiger partial charge in [0.1, 0.15) is 5.82 Å². The highest BCUT2D eigenvalue weighted by atomic mass is 16.1. The summed E-state index contributed by atoms with van der Waals surface area (Å²) in [5, 5.41) is 9.07. The number of benzene rings is 2. The van der Waals surface area contributed by atoms with Crippen LogP contribution in [0.5, 0.6) is 0 Å². The number of hydrogen-bond donors (Lipinski definition) is 3. The molecule has 126 valence electrons. The van der Waals surface area contributed by atoms with Crippen LogP contribution in [0.15, 0.2) is 60.8 Å². The third kappa shape index (κ3) is 4.11. The van der Waals surface area contributed by atoms with Gasteiger partial charge in [-0.25, -0.2) is 4.98 Å². The minimum absolute atomic E-state index is 0.169. The summed E-state index contributed by atoms with van der Waals surface area (Å²) in [6.07, 6.45) is 1.67. The molecule has 0 aliphatic heterocycles. The molecular weight excluding hydrogens is 314 g/mol. The van der Waals surface area contributed by atoms with Gasteiger partial charge in [0.05, 0.1) is 11.4 Å². The van der Waals surface area contributed by atoms with Crippen LogP contribution in [0, 0.1) is 6.92 Å². The number of rotatable bonds is 5. The normalized spacial score (nSPS) is 10.2. The summed E-state index contributed by atoms with van der Waals surface area (Å²) in [6, 6.07) is 16.6. The van der Waals surface area contributed by atoms with Crippen molar-refractivity contribution < 1.29 is 4.79 Å². The maximum Gasteiger partial charge on any atom is 0.255 e. The van der Waals surface area contributed by atoms with Crippen molar-refractivity contribution in [2.75, 3.05) is 23.0 Å². The first-order valence-corrected chi connectivity index (χ1v) is 7.90. The van der Waals surface area contributed by atoms with Crippen LogP contribution in [0.4, 0.5) is 23.1 Å². The Morgan fingerprint density at radius 2 is 1.80 bits per heavy atom. The molecule has 1 aromatic heterocycles. The van der Waals surface area contributed by atoms with Gasteiger partial charge in [-0.3, -0.25) is 4.79 Å². The summed E-state index contributed by atoms with van der Waals surface area (Å²) in [5.74, 6) is 0.991. The average molecular weight is 333 g/mol. The van der Waals surface area contributed by atoms with Gasteiger partial charge in [-0.1, -0.05) is 24.3 Å². The van der Waals surface area contributed by atoms with Crippen molar-refractivity contribution in [1.82, 2.24) is 9.97 Å². The van der Waals surface area contributed by atoms with Crippen LogP contribution in [0.1, 0.15) is 15.9 Å². The summed E-state index contributed by atoms with van der Waals surface area (Å²) >= 11 is 0. The van der Waals surface area contributed by atoms with Gasteiger partial charge in [-0.05, 0) is 42.8 Å². The average Bonchev–Trinajstić information content (AvgIpc) is 2.65. The molecule has 0 aliphatic rings. The van der Waals surface area contributed by atoms with Crippen molar-refractivity contribution in [2.24, 2.45) is 0 Å². The van der Waals surface area contributed by atoms with Crippen molar-refractivity contribution in [3.63, 3.8) is 0 Å². The molecule has 0 radical (unpaired) electrons. The molecular formula is C19H19N5O. The molecule has 1 heterocycles. The lowest BCUT2D eigenvalue weighted by Crippen LogP contribution is -2.13. The van der Waals surface area contributed by atoms with E-state index < -0.39 is 0 Å². The number of nitrogens with one attached hydrogen (secondary N) is 3. The lowest BCUT2D eigenvalue weighted by Gasteiger charge is -2.13. The molecule has 3 rings (SSSR count). The molecule has 0 saturated carbocycles. The van der Waals surface area contributed by atoms with Crippen LogP contribution in [0.3, 0.4) is 0 Å². The minimum atomic E-state index is -0.169. The second kappa shape index (κ2) is 7.44. The van der Waals surface area contributed by atoms with Gasteiger partial charge in [-0.15, -0.1) is 0 Å². The Hall–Kier alpha value is -3.41. The first-order chi connectivity index (χ1) is 12.2. The Kier molecular flexibility index (Phi) is 4.89. The Labute approximate surface area is 146 Å². The first-order valence-electron chi connectivity index (χ1n) is 7.90. The van der Waals surface area contributed by atoms with Crippen LogP contribution in [0.2, 0.25) is 0 Å². The molecule has 0 unspecified atom stereocenters. The van der Waals surface area contributed by atoms with Gasteiger partial charge >= 0.3 is 0 Å². The number of nitrogens with zero attached hydrogens (tertiary/aromatic N) is 2. The molecule has 0 bridgehead atoms. The molecule has 25 heavy (non-hydrogen) atoms. The van der Waals surface area contributed by atoms with E-state index in [1.54, 1.807) is 31.4 Å². The third-order valence-electron chi connectivity index (χ3n) is 3.62. The zero-order chi connectivity index (χ0) is 17.6. The highest BCUT2D eigenvalue weighted by Gasteiger charge is 2.10. The molecule has 2 aromatic carbocycles. The quantitative estimate of drug-likeness (QED) is 0.661. The van der Waals surface area contributed by atoms with Crippen molar-refractivity contribution in [3.8, 4) is 0 Å². The predicted molar refractivity (Wildman–Crippen MR) is 100 cm³/mol. The molecule has 0 atom stereocenters. The lowest BCUT2D eigenvalue weighted by atomic mass is 10.1. The largest absolute Gasteiger partial charge is 0.373 e. The van der Waals surface area contributed by atoms with Crippen LogP contribution in [-0.4, -0.2) is 22.9 Å².